The van der Waals surface area contributed by atoms with E-state index in [0.29, 0.717) is 23.2 Å². The average molecular weight is 296 g/mol. The SMILES string of the molecule is CCOc1ccc(NCc2ccc(Cl)cc2Cl)cc1. The summed E-state index contributed by atoms with van der Waals surface area (Å²) in [4.78, 5) is 0. The van der Waals surface area contributed by atoms with Gasteiger partial charge in [-0.2, -0.15) is 0 Å². The maximum Gasteiger partial charge on any atom is 0.119 e. The van der Waals surface area contributed by atoms with Crippen molar-refractivity contribution in [2.24, 2.45) is 0 Å². The van der Waals surface area contributed by atoms with E-state index < -0.39 is 0 Å². The molecule has 19 heavy (non-hydrogen) atoms. The summed E-state index contributed by atoms with van der Waals surface area (Å²) in [6.07, 6.45) is 0. The third kappa shape index (κ3) is 4.05. The molecule has 2 nitrogen and oxygen atoms in total. The average Bonchev–Trinajstić information content (AvgIpc) is 2.40. The maximum atomic E-state index is 6.12. The summed E-state index contributed by atoms with van der Waals surface area (Å²) >= 11 is 12.0. The number of anilines is 1. The van der Waals surface area contributed by atoms with Gasteiger partial charge in [-0.05, 0) is 48.9 Å². The van der Waals surface area contributed by atoms with Crippen LogP contribution in [-0.2, 0) is 6.54 Å². The Bertz CT molecular complexity index is 540. The highest BCUT2D eigenvalue weighted by Gasteiger charge is 2.01. The van der Waals surface area contributed by atoms with E-state index in [4.69, 9.17) is 27.9 Å². The van der Waals surface area contributed by atoms with Crippen molar-refractivity contribution in [1.82, 2.24) is 0 Å². The van der Waals surface area contributed by atoms with Gasteiger partial charge in [0.2, 0.25) is 0 Å². The lowest BCUT2D eigenvalue weighted by Crippen LogP contribution is -2.00. The topological polar surface area (TPSA) is 21.3 Å². The largest absolute Gasteiger partial charge is 0.494 e. The van der Waals surface area contributed by atoms with Crippen molar-refractivity contribution in [2.45, 2.75) is 13.5 Å². The summed E-state index contributed by atoms with van der Waals surface area (Å²) in [5.74, 6) is 0.873. The van der Waals surface area contributed by atoms with Gasteiger partial charge in [0.15, 0.2) is 0 Å². The zero-order valence-corrected chi connectivity index (χ0v) is 12.1. The molecule has 0 saturated heterocycles. The Hall–Kier alpha value is -1.38. The van der Waals surface area contributed by atoms with Gasteiger partial charge < -0.3 is 10.1 Å². The van der Waals surface area contributed by atoms with Crippen molar-refractivity contribution in [1.29, 1.82) is 0 Å². The van der Waals surface area contributed by atoms with Gasteiger partial charge >= 0.3 is 0 Å². The van der Waals surface area contributed by atoms with Crippen LogP contribution in [0.5, 0.6) is 5.75 Å². The molecule has 2 aromatic rings. The highest BCUT2D eigenvalue weighted by atomic mass is 35.5. The Labute approximate surface area is 123 Å². The summed E-state index contributed by atoms with van der Waals surface area (Å²) in [6, 6.07) is 13.3. The standard InChI is InChI=1S/C15H15Cl2NO/c1-2-19-14-7-5-13(6-8-14)18-10-11-3-4-12(16)9-15(11)17/h3-9,18H,2,10H2,1H3. The van der Waals surface area contributed by atoms with Gasteiger partial charge in [0.1, 0.15) is 5.75 Å². The molecule has 0 amide bonds. The Kier molecular flexibility index (Phi) is 4.94. The second-order valence-corrected chi connectivity index (χ2v) is 4.89. The smallest absolute Gasteiger partial charge is 0.119 e. The molecule has 0 aromatic heterocycles. The monoisotopic (exact) mass is 295 g/mol. The Morgan fingerprint density at radius 1 is 1.05 bits per heavy atom. The second kappa shape index (κ2) is 6.69. The molecular formula is C15H15Cl2NO. The van der Waals surface area contributed by atoms with Gasteiger partial charge in [0.05, 0.1) is 6.61 Å². The summed E-state index contributed by atoms with van der Waals surface area (Å²) in [7, 11) is 0. The van der Waals surface area contributed by atoms with Crippen LogP contribution in [0.2, 0.25) is 10.0 Å². The number of ether oxygens (including phenoxy) is 1. The van der Waals surface area contributed by atoms with Gasteiger partial charge in [-0.25, -0.2) is 0 Å². The van der Waals surface area contributed by atoms with Crippen LogP contribution in [0.3, 0.4) is 0 Å². The molecule has 0 fully saturated rings. The molecule has 0 aliphatic heterocycles. The molecular weight excluding hydrogens is 281 g/mol. The normalized spacial score (nSPS) is 10.3. The van der Waals surface area contributed by atoms with E-state index in [1.54, 1.807) is 6.07 Å². The summed E-state index contributed by atoms with van der Waals surface area (Å²) in [6.45, 7) is 3.30. The zero-order valence-electron chi connectivity index (χ0n) is 10.6. The number of rotatable bonds is 5. The molecule has 4 heteroatoms. The van der Waals surface area contributed by atoms with Crippen LogP contribution in [0.1, 0.15) is 12.5 Å². The van der Waals surface area contributed by atoms with Gasteiger partial charge in [-0.1, -0.05) is 29.3 Å². The lowest BCUT2D eigenvalue weighted by atomic mass is 10.2. The fraction of sp³-hybridized carbons (Fsp3) is 0.200. The number of hydrogen-bond donors (Lipinski definition) is 1. The number of hydrogen-bond acceptors (Lipinski definition) is 2. The Morgan fingerprint density at radius 2 is 1.79 bits per heavy atom. The molecule has 0 bridgehead atoms. The van der Waals surface area contributed by atoms with Crippen LogP contribution in [-0.4, -0.2) is 6.61 Å². The maximum absolute atomic E-state index is 6.12. The van der Waals surface area contributed by atoms with Crippen molar-refractivity contribution >= 4 is 28.9 Å². The van der Waals surface area contributed by atoms with E-state index >= 15 is 0 Å². The van der Waals surface area contributed by atoms with E-state index in [1.807, 2.05) is 43.3 Å². The molecule has 2 aromatic carbocycles. The van der Waals surface area contributed by atoms with E-state index in [-0.39, 0.29) is 0 Å². The molecule has 0 unspecified atom stereocenters. The zero-order chi connectivity index (χ0) is 13.7. The minimum atomic E-state index is 0.648. The van der Waals surface area contributed by atoms with Crippen LogP contribution in [0.25, 0.3) is 0 Å². The summed E-state index contributed by atoms with van der Waals surface area (Å²) < 4.78 is 5.39. The van der Waals surface area contributed by atoms with Crippen LogP contribution in [0.15, 0.2) is 42.5 Å². The van der Waals surface area contributed by atoms with Crippen LogP contribution >= 0.6 is 23.2 Å². The van der Waals surface area contributed by atoms with E-state index in [0.717, 1.165) is 17.0 Å². The molecule has 0 spiro atoms. The highest BCUT2D eigenvalue weighted by Crippen LogP contribution is 2.22. The molecule has 0 saturated carbocycles. The molecule has 0 radical (unpaired) electrons. The van der Waals surface area contributed by atoms with E-state index in [2.05, 4.69) is 5.32 Å². The third-order valence-corrected chi connectivity index (χ3v) is 3.25. The van der Waals surface area contributed by atoms with E-state index in [9.17, 15) is 0 Å². The van der Waals surface area contributed by atoms with Gasteiger partial charge in [-0.15, -0.1) is 0 Å². The summed E-state index contributed by atoms with van der Waals surface area (Å²) in [5.41, 5.74) is 2.04. The van der Waals surface area contributed by atoms with Crippen molar-refractivity contribution in [3.63, 3.8) is 0 Å². The fourth-order valence-corrected chi connectivity index (χ4v) is 2.17. The minimum Gasteiger partial charge on any atom is -0.494 e. The molecule has 2 rings (SSSR count). The van der Waals surface area contributed by atoms with Crippen LogP contribution in [0.4, 0.5) is 5.69 Å². The number of nitrogens with one attached hydrogen (secondary N) is 1. The fourth-order valence-electron chi connectivity index (χ4n) is 1.70. The molecule has 100 valence electrons. The highest BCUT2D eigenvalue weighted by molar-refractivity contribution is 6.35. The lowest BCUT2D eigenvalue weighted by Gasteiger charge is -2.09. The molecule has 0 aliphatic rings. The molecule has 0 aliphatic carbocycles. The van der Waals surface area contributed by atoms with E-state index in [1.165, 1.54) is 0 Å². The van der Waals surface area contributed by atoms with Gasteiger partial charge in [0, 0.05) is 22.3 Å². The Morgan fingerprint density at radius 3 is 2.42 bits per heavy atom. The predicted octanol–water partition coefficient (Wildman–Crippen LogP) is 5.00. The quantitative estimate of drug-likeness (QED) is 0.838. The predicted molar refractivity (Wildman–Crippen MR) is 81.4 cm³/mol. The molecule has 1 N–H and O–H groups in total. The van der Waals surface area contributed by atoms with Gasteiger partial charge in [0.25, 0.3) is 0 Å². The number of halogens is 2. The molecule has 0 atom stereocenters. The molecule has 0 heterocycles. The van der Waals surface area contributed by atoms with Crippen molar-refractivity contribution in [3.8, 4) is 5.75 Å². The lowest BCUT2D eigenvalue weighted by molar-refractivity contribution is 0.340. The number of benzene rings is 2. The van der Waals surface area contributed by atoms with Crippen LogP contribution < -0.4 is 10.1 Å². The first-order chi connectivity index (χ1) is 9.19. The van der Waals surface area contributed by atoms with Crippen molar-refractivity contribution in [3.05, 3.63) is 58.1 Å². The van der Waals surface area contributed by atoms with Crippen LogP contribution in [0, 0.1) is 0 Å². The minimum absolute atomic E-state index is 0.648. The first-order valence-electron chi connectivity index (χ1n) is 6.09. The Balaban J connectivity index is 1.98. The van der Waals surface area contributed by atoms with Crippen molar-refractivity contribution < 1.29 is 4.74 Å². The summed E-state index contributed by atoms with van der Waals surface area (Å²) in [5, 5.41) is 4.63. The third-order valence-electron chi connectivity index (χ3n) is 2.66. The van der Waals surface area contributed by atoms with Gasteiger partial charge in [-0.3, -0.25) is 0 Å². The first-order valence-corrected chi connectivity index (χ1v) is 6.85. The first kappa shape index (κ1) is 14.0. The van der Waals surface area contributed by atoms with Crippen molar-refractivity contribution in [2.75, 3.05) is 11.9 Å². The second-order valence-electron chi connectivity index (χ2n) is 4.05.